The van der Waals surface area contributed by atoms with Crippen LogP contribution in [0.1, 0.15) is 17.5 Å². The molecule has 0 unspecified atom stereocenters. The maximum absolute atomic E-state index is 6.20. The molecule has 0 fully saturated rings. The van der Waals surface area contributed by atoms with E-state index in [2.05, 4.69) is 29.6 Å². The Morgan fingerprint density at radius 2 is 1.85 bits per heavy atom. The number of aryl methyl sites for hydroxylation is 1. The molecule has 0 amide bonds. The average Bonchev–Trinajstić information content (AvgIpc) is 2.48. The summed E-state index contributed by atoms with van der Waals surface area (Å²) < 4.78 is 5.87. The zero-order chi connectivity index (χ0) is 14.2. The van der Waals surface area contributed by atoms with E-state index in [1.807, 2.05) is 31.3 Å². The van der Waals surface area contributed by atoms with E-state index in [1.165, 1.54) is 5.56 Å². The molecule has 3 heteroatoms. The number of ether oxygens (including phenoxy) is 1. The Bertz CT molecular complexity index is 528. The highest BCUT2D eigenvalue weighted by atomic mass is 35.5. The van der Waals surface area contributed by atoms with E-state index in [0.29, 0.717) is 13.2 Å². The van der Waals surface area contributed by atoms with Gasteiger partial charge in [0.05, 0.1) is 6.61 Å². The Hall–Kier alpha value is -1.51. The van der Waals surface area contributed by atoms with Gasteiger partial charge in [-0.2, -0.15) is 0 Å². The Kier molecular flexibility index (Phi) is 5.90. The summed E-state index contributed by atoms with van der Waals surface area (Å²) in [7, 11) is 1.91. The van der Waals surface area contributed by atoms with Crippen molar-refractivity contribution in [2.75, 3.05) is 13.7 Å². The highest BCUT2D eigenvalue weighted by Gasteiger charge is 2.07. The summed E-state index contributed by atoms with van der Waals surface area (Å²) >= 11 is 6.20. The molecule has 0 radical (unpaired) electrons. The van der Waals surface area contributed by atoms with Gasteiger partial charge >= 0.3 is 0 Å². The number of hydrogen-bond donors (Lipinski definition) is 1. The van der Waals surface area contributed by atoms with Crippen LogP contribution in [0.15, 0.2) is 48.5 Å². The molecule has 2 nitrogen and oxygen atoms in total. The van der Waals surface area contributed by atoms with Gasteiger partial charge in [0.2, 0.25) is 0 Å². The van der Waals surface area contributed by atoms with Crippen molar-refractivity contribution in [2.24, 2.45) is 0 Å². The summed E-state index contributed by atoms with van der Waals surface area (Å²) in [6.45, 7) is 1.42. The van der Waals surface area contributed by atoms with Gasteiger partial charge in [-0.15, -0.1) is 0 Å². The number of halogens is 1. The Morgan fingerprint density at radius 3 is 2.60 bits per heavy atom. The minimum absolute atomic E-state index is 0.700. The van der Waals surface area contributed by atoms with E-state index in [1.54, 1.807) is 0 Å². The lowest BCUT2D eigenvalue weighted by molar-refractivity contribution is 0.307. The van der Waals surface area contributed by atoms with Gasteiger partial charge in [0, 0.05) is 17.1 Å². The van der Waals surface area contributed by atoms with Crippen LogP contribution in [0.3, 0.4) is 0 Å². The zero-order valence-electron chi connectivity index (χ0n) is 11.7. The van der Waals surface area contributed by atoms with Crippen molar-refractivity contribution in [3.8, 4) is 5.75 Å². The summed E-state index contributed by atoms with van der Waals surface area (Å²) in [5.74, 6) is 0.875. The Morgan fingerprint density at radius 1 is 1.05 bits per heavy atom. The summed E-state index contributed by atoms with van der Waals surface area (Å²) in [6.07, 6.45) is 2.03. The largest absolute Gasteiger partial charge is 0.493 e. The van der Waals surface area contributed by atoms with E-state index < -0.39 is 0 Å². The van der Waals surface area contributed by atoms with Crippen molar-refractivity contribution in [1.82, 2.24) is 5.32 Å². The predicted octanol–water partition coefficient (Wildman–Crippen LogP) is 4.07. The van der Waals surface area contributed by atoms with Gasteiger partial charge in [-0.05, 0) is 37.6 Å². The summed E-state index contributed by atoms with van der Waals surface area (Å²) in [5, 5.41) is 3.87. The van der Waals surface area contributed by atoms with Crippen LogP contribution >= 0.6 is 11.6 Å². The molecule has 0 aliphatic rings. The molecule has 0 bridgehead atoms. The molecule has 20 heavy (non-hydrogen) atoms. The molecule has 0 heterocycles. The lowest BCUT2D eigenvalue weighted by Crippen LogP contribution is -2.09. The van der Waals surface area contributed by atoms with Crippen LogP contribution in [-0.2, 0) is 13.0 Å². The fourth-order valence-electron chi connectivity index (χ4n) is 2.13. The van der Waals surface area contributed by atoms with Crippen LogP contribution < -0.4 is 10.1 Å². The molecular weight excluding hydrogens is 270 g/mol. The Balaban J connectivity index is 1.86. The topological polar surface area (TPSA) is 21.3 Å². The van der Waals surface area contributed by atoms with Gasteiger partial charge < -0.3 is 10.1 Å². The van der Waals surface area contributed by atoms with Crippen molar-refractivity contribution in [2.45, 2.75) is 19.4 Å². The van der Waals surface area contributed by atoms with Gasteiger partial charge in [-0.25, -0.2) is 0 Å². The third kappa shape index (κ3) is 4.26. The lowest BCUT2D eigenvalue weighted by Gasteiger charge is -2.12. The second-order valence-corrected chi connectivity index (χ2v) is 5.09. The van der Waals surface area contributed by atoms with E-state index in [-0.39, 0.29) is 0 Å². The molecular formula is C17H20ClNO. The third-order valence-electron chi connectivity index (χ3n) is 3.14. The van der Waals surface area contributed by atoms with Crippen molar-refractivity contribution in [1.29, 1.82) is 0 Å². The molecule has 2 rings (SSSR count). The first-order chi connectivity index (χ1) is 9.81. The third-order valence-corrected chi connectivity index (χ3v) is 3.49. The van der Waals surface area contributed by atoms with E-state index in [4.69, 9.17) is 16.3 Å². The summed E-state index contributed by atoms with van der Waals surface area (Å²) in [5.41, 5.74) is 2.37. The molecule has 2 aromatic carbocycles. The van der Waals surface area contributed by atoms with Crippen LogP contribution in [0.2, 0.25) is 5.02 Å². The van der Waals surface area contributed by atoms with E-state index >= 15 is 0 Å². The summed E-state index contributed by atoms with van der Waals surface area (Å²) in [6, 6.07) is 16.3. The fraction of sp³-hybridized carbons (Fsp3) is 0.294. The van der Waals surface area contributed by atoms with Gasteiger partial charge in [0.25, 0.3) is 0 Å². The molecule has 2 aromatic rings. The standard InChI is InChI=1S/C17H20ClNO/c1-19-13-15-16(18)10-5-11-17(15)20-12-6-9-14-7-3-2-4-8-14/h2-5,7-8,10-11,19H,6,9,12-13H2,1H3. The number of benzene rings is 2. The molecule has 0 aromatic heterocycles. The second-order valence-electron chi connectivity index (χ2n) is 4.68. The Labute approximate surface area is 125 Å². The van der Waals surface area contributed by atoms with Crippen LogP contribution in [0.25, 0.3) is 0 Å². The van der Waals surface area contributed by atoms with Crippen molar-refractivity contribution in [3.05, 3.63) is 64.7 Å². The average molecular weight is 290 g/mol. The summed E-state index contributed by atoms with van der Waals surface area (Å²) in [4.78, 5) is 0. The molecule has 0 spiro atoms. The van der Waals surface area contributed by atoms with Gasteiger partial charge in [-0.1, -0.05) is 48.0 Å². The van der Waals surface area contributed by atoms with Gasteiger partial charge in [-0.3, -0.25) is 0 Å². The SMILES string of the molecule is CNCc1c(Cl)cccc1OCCCc1ccccc1. The van der Waals surface area contributed by atoms with E-state index in [0.717, 1.165) is 29.2 Å². The van der Waals surface area contributed by atoms with Crippen LogP contribution in [0.5, 0.6) is 5.75 Å². The van der Waals surface area contributed by atoms with Crippen LogP contribution in [-0.4, -0.2) is 13.7 Å². The maximum atomic E-state index is 6.20. The van der Waals surface area contributed by atoms with Crippen LogP contribution in [0.4, 0.5) is 0 Å². The minimum atomic E-state index is 0.700. The molecule has 0 saturated heterocycles. The monoisotopic (exact) mass is 289 g/mol. The molecule has 1 N–H and O–H groups in total. The molecule has 0 atom stereocenters. The molecule has 0 aliphatic carbocycles. The first-order valence-corrected chi connectivity index (χ1v) is 7.28. The van der Waals surface area contributed by atoms with Crippen LogP contribution in [0, 0.1) is 0 Å². The molecule has 0 saturated carbocycles. The normalized spacial score (nSPS) is 10.5. The minimum Gasteiger partial charge on any atom is -0.493 e. The number of nitrogens with one attached hydrogen (secondary N) is 1. The van der Waals surface area contributed by atoms with Crippen molar-refractivity contribution >= 4 is 11.6 Å². The molecule has 0 aliphatic heterocycles. The fourth-order valence-corrected chi connectivity index (χ4v) is 2.36. The smallest absolute Gasteiger partial charge is 0.125 e. The molecule has 106 valence electrons. The first-order valence-electron chi connectivity index (χ1n) is 6.90. The maximum Gasteiger partial charge on any atom is 0.125 e. The zero-order valence-corrected chi connectivity index (χ0v) is 12.5. The van der Waals surface area contributed by atoms with Gasteiger partial charge in [0.1, 0.15) is 5.75 Å². The van der Waals surface area contributed by atoms with Crippen molar-refractivity contribution < 1.29 is 4.74 Å². The highest BCUT2D eigenvalue weighted by Crippen LogP contribution is 2.26. The highest BCUT2D eigenvalue weighted by molar-refractivity contribution is 6.31. The van der Waals surface area contributed by atoms with E-state index in [9.17, 15) is 0 Å². The predicted molar refractivity (Wildman–Crippen MR) is 84.5 cm³/mol. The number of hydrogen-bond acceptors (Lipinski definition) is 2. The lowest BCUT2D eigenvalue weighted by atomic mass is 10.1. The van der Waals surface area contributed by atoms with Gasteiger partial charge in [0.15, 0.2) is 0 Å². The number of rotatable bonds is 7. The second kappa shape index (κ2) is 7.93. The van der Waals surface area contributed by atoms with Crippen molar-refractivity contribution in [3.63, 3.8) is 0 Å². The first kappa shape index (κ1) is 14.9. The quantitative estimate of drug-likeness (QED) is 0.776.